The number of nitrogens with zero attached hydrogens (tertiary/aromatic N) is 4. The van der Waals surface area contributed by atoms with Gasteiger partial charge in [0.2, 0.25) is 5.16 Å². The molecule has 0 aliphatic heterocycles. The van der Waals surface area contributed by atoms with Crippen LogP contribution in [0.3, 0.4) is 0 Å². The van der Waals surface area contributed by atoms with Gasteiger partial charge in [0.1, 0.15) is 6.33 Å². The molecule has 0 aliphatic carbocycles. The maximum Gasteiger partial charge on any atom is 0.323 e. The van der Waals surface area contributed by atoms with Gasteiger partial charge in [0.15, 0.2) is 0 Å². The Morgan fingerprint density at radius 3 is 2.50 bits per heavy atom. The van der Waals surface area contributed by atoms with Gasteiger partial charge in [-0.15, -0.1) is 9.19 Å². The zero-order valence-electron chi connectivity index (χ0n) is 7.32. The van der Waals surface area contributed by atoms with E-state index >= 15 is 0 Å². The monoisotopic (exact) mass is 239 g/mol. The van der Waals surface area contributed by atoms with Crippen LogP contribution in [0.2, 0.25) is 0 Å². The fraction of sp³-hybridized carbons (Fsp3) is 0.500. The molecular formula is C4H7N4O4S2-. The fourth-order valence-electron chi connectivity index (χ4n) is 0.590. The Morgan fingerprint density at radius 1 is 1.57 bits per heavy atom. The van der Waals surface area contributed by atoms with Gasteiger partial charge in [0.05, 0.1) is 0 Å². The molecule has 1 rings (SSSR count). The molecule has 0 saturated carbocycles. The summed E-state index contributed by atoms with van der Waals surface area (Å²) < 4.78 is 44.8. The van der Waals surface area contributed by atoms with E-state index in [1.807, 2.05) is 0 Å². The van der Waals surface area contributed by atoms with Gasteiger partial charge in [-0.05, 0) is 0 Å². The largest absolute Gasteiger partial charge is 0.766 e. The van der Waals surface area contributed by atoms with Crippen molar-refractivity contribution >= 4 is 21.3 Å². The highest BCUT2D eigenvalue weighted by molar-refractivity contribution is 7.87. The molecule has 0 radical (unpaired) electrons. The van der Waals surface area contributed by atoms with Crippen LogP contribution in [-0.4, -0.2) is 49.7 Å². The Bertz CT molecular complexity index is 450. The van der Waals surface area contributed by atoms with Gasteiger partial charge < -0.3 is 4.55 Å². The molecule has 0 aliphatic rings. The molecule has 1 atom stereocenters. The molecule has 10 heteroatoms. The van der Waals surface area contributed by atoms with E-state index in [9.17, 15) is 17.2 Å². The zero-order chi connectivity index (χ0) is 10.9. The van der Waals surface area contributed by atoms with Crippen molar-refractivity contribution in [2.45, 2.75) is 5.16 Å². The van der Waals surface area contributed by atoms with Crippen molar-refractivity contribution < 1.29 is 17.2 Å². The summed E-state index contributed by atoms with van der Waals surface area (Å²) in [6.07, 6.45) is 0.820. The molecule has 14 heavy (non-hydrogen) atoms. The Kier molecular flexibility index (Phi) is 2.99. The summed E-state index contributed by atoms with van der Waals surface area (Å²) in [4.78, 5) is 3.30. The lowest BCUT2D eigenvalue weighted by Crippen LogP contribution is -2.29. The molecule has 1 unspecified atom stereocenters. The Labute approximate surface area is 83.0 Å². The maximum atomic E-state index is 11.4. The Balaban J connectivity index is 3.16. The zero-order valence-corrected chi connectivity index (χ0v) is 8.95. The topological polar surface area (TPSA) is 108 Å². The minimum Gasteiger partial charge on any atom is -0.766 e. The molecule has 0 bridgehead atoms. The lowest BCUT2D eigenvalue weighted by molar-refractivity contribution is 0.501. The summed E-state index contributed by atoms with van der Waals surface area (Å²) in [5, 5.41) is 2.71. The normalized spacial score (nSPS) is 14.6. The third-order valence-corrected chi connectivity index (χ3v) is 3.35. The van der Waals surface area contributed by atoms with E-state index in [0.29, 0.717) is 4.09 Å². The van der Waals surface area contributed by atoms with E-state index in [1.54, 1.807) is 0 Å². The highest BCUT2D eigenvalue weighted by atomic mass is 32.2. The SMILES string of the molecule is CN(C)S(=O)(=O)n1cnc(S(=O)[O-])n1. The summed E-state index contributed by atoms with van der Waals surface area (Å²) in [6.45, 7) is 0. The van der Waals surface area contributed by atoms with Crippen LogP contribution in [-0.2, 0) is 21.3 Å². The molecule has 0 aromatic carbocycles. The van der Waals surface area contributed by atoms with Gasteiger partial charge in [0, 0.05) is 25.2 Å². The summed E-state index contributed by atoms with van der Waals surface area (Å²) >= 11 is -2.63. The van der Waals surface area contributed by atoms with Crippen molar-refractivity contribution in [2.24, 2.45) is 0 Å². The second kappa shape index (κ2) is 3.73. The minimum atomic E-state index is -3.79. The average molecular weight is 239 g/mol. The van der Waals surface area contributed by atoms with Gasteiger partial charge in [-0.3, -0.25) is 4.21 Å². The first kappa shape index (κ1) is 11.2. The van der Waals surface area contributed by atoms with Crippen LogP contribution >= 0.6 is 0 Å². The summed E-state index contributed by atoms with van der Waals surface area (Å²) in [5.74, 6) is 0. The van der Waals surface area contributed by atoms with E-state index in [2.05, 4.69) is 10.1 Å². The number of rotatable bonds is 3. The van der Waals surface area contributed by atoms with Crippen molar-refractivity contribution in [1.29, 1.82) is 0 Å². The molecular weight excluding hydrogens is 232 g/mol. The molecule has 0 fully saturated rings. The molecule has 0 N–H and O–H groups in total. The third kappa shape index (κ3) is 1.97. The first-order valence-corrected chi connectivity index (χ1v) is 5.77. The fourth-order valence-corrected chi connectivity index (χ4v) is 1.61. The van der Waals surface area contributed by atoms with Crippen LogP contribution in [0.5, 0.6) is 0 Å². The molecule has 1 heterocycles. The highest BCUT2D eigenvalue weighted by Crippen LogP contribution is 2.00. The van der Waals surface area contributed by atoms with E-state index in [-0.39, 0.29) is 0 Å². The molecule has 1 aromatic heterocycles. The second-order valence-electron chi connectivity index (χ2n) is 2.42. The highest BCUT2D eigenvalue weighted by Gasteiger charge is 2.18. The first-order chi connectivity index (χ1) is 6.35. The van der Waals surface area contributed by atoms with Gasteiger partial charge in [0.25, 0.3) is 0 Å². The molecule has 0 amide bonds. The molecule has 8 nitrogen and oxygen atoms in total. The summed E-state index contributed by atoms with van der Waals surface area (Å²) in [7, 11) is -1.19. The van der Waals surface area contributed by atoms with Crippen LogP contribution < -0.4 is 0 Å². The van der Waals surface area contributed by atoms with E-state index in [1.165, 1.54) is 14.1 Å². The predicted octanol–water partition coefficient (Wildman–Crippen LogP) is -1.83. The molecule has 1 aromatic rings. The van der Waals surface area contributed by atoms with Gasteiger partial charge >= 0.3 is 10.2 Å². The van der Waals surface area contributed by atoms with E-state index < -0.39 is 26.4 Å². The van der Waals surface area contributed by atoms with E-state index in [0.717, 1.165) is 10.6 Å². The summed E-state index contributed by atoms with van der Waals surface area (Å²) in [5.41, 5.74) is 0. The lowest BCUT2D eigenvalue weighted by Gasteiger charge is -2.09. The van der Waals surface area contributed by atoms with Crippen molar-refractivity contribution in [1.82, 2.24) is 18.5 Å². The second-order valence-corrected chi connectivity index (χ2v) is 5.26. The van der Waals surface area contributed by atoms with Gasteiger partial charge in [-0.25, -0.2) is 4.98 Å². The first-order valence-electron chi connectivity index (χ1n) is 3.29. The summed E-state index contributed by atoms with van der Waals surface area (Å²) in [6, 6.07) is 0. The minimum absolute atomic E-state index is 0.484. The Morgan fingerprint density at radius 2 is 2.14 bits per heavy atom. The third-order valence-electron chi connectivity index (χ3n) is 1.30. The van der Waals surface area contributed by atoms with E-state index in [4.69, 9.17) is 0 Å². The van der Waals surface area contributed by atoms with Crippen LogP contribution in [0.25, 0.3) is 0 Å². The average Bonchev–Trinajstić information content (AvgIpc) is 2.51. The predicted molar refractivity (Wildman–Crippen MR) is 45.2 cm³/mol. The number of aromatic nitrogens is 3. The van der Waals surface area contributed by atoms with Crippen LogP contribution in [0.4, 0.5) is 0 Å². The van der Waals surface area contributed by atoms with Crippen LogP contribution in [0.15, 0.2) is 11.5 Å². The van der Waals surface area contributed by atoms with Crippen molar-refractivity contribution in [3.05, 3.63) is 6.33 Å². The lowest BCUT2D eigenvalue weighted by atomic mass is 11.3. The number of hydrogen-bond donors (Lipinski definition) is 0. The van der Waals surface area contributed by atoms with Crippen molar-refractivity contribution in [3.8, 4) is 0 Å². The van der Waals surface area contributed by atoms with Gasteiger partial charge in [-0.1, -0.05) is 0 Å². The van der Waals surface area contributed by atoms with Crippen LogP contribution in [0, 0.1) is 0 Å². The maximum absolute atomic E-state index is 11.4. The van der Waals surface area contributed by atoms with Crippen molar-refractivity contribution in [3.63, 3.8) is 0 Å². The van der Waals surface area contributed by atoms with Gasteiger partial charge in [-0.2, -0.15) is 12.7 Å². The standard InChI is InChI=1S/C4H8N4O4S2/c1-7(2)14(11,12)8-3-5-4(6-8)13(9)10/h3H,1-2H3,(H,9,10)/p-1. The van der Waals surface area contributed by atoms with Crippen molar-refractivity contribution in [2.75, 3.05) is 14.1 Å². The van der Waals surface area contributed by atoms with Crippen LogP contribution in [0.1, 0.15) is 0 Å². The Hall–Kier alpha value is -0.840. The smallest absolute Gasteiger partial charge is 0.323 e. The molecule has 0 saturated heterocycles. The molecule has 80 valence electrons. The quantitative estimate of drug-likeness (QED) is 0.574. The molecule has 0 spiro atoms. The number of hydrogen-bond acceptors (Lipinski definition) is 6.